The molecule has 2 rings (SSSR count). The minimum absolute atomic E-state index is 0.0923. The van der Waals surface area contributed by atoms with Gasteiger partial charge in [0.15, 0.2) is 5.82 Å². The maximum Gasteiger partial charge on any atom is 0.337 e. The van der Waals surface area contributed by atoms with Gasteiger partial charge in [-0.3, -0.25) is 0 Å². The number of aromatic carboxylic acids is 1. The summed E-state index contributed by atoms with van der Waals surface area (Å²) < 4.78 is 5.52. The number of methoxy groups -OCH3 is 1. The van der Waals surface area contributed by atoms with E-state index in [1.807, 2.05) is 11.8 Å². The number of rotatable bonds is 3. The van der Waals surface area contributed by atoms with E-state index in [1.54, 1.807) is 7.11 Å². The number of nitrogens with zero attached hydrogens (tertiary/aromatic N) is 2. The van der Waals surface area contributed by atoms with Crippen LogP contribution in [-0.4, -0.2) is 41.9 Å². The molecule has 1 unspecified atom stereocenters. The van der Waals surface area contributed by atoms with Crippen LogP contribution in [0, 0.1) is 0 Å². The summed E-state index contributed by atoms with van der Waals surface area (Å²) in [5.41, 5.74) is 5.99. The standard InChI is InChI=1S/C13H19N3O3/c1-13(19-2)5-3-7-16(8-13)11-10(14)9(12(17)18)4-6-15-11/h4,6H,3,5,7-8,14H2,1-2H3,(H,17,18). The van der Waals surface area contributed by atoms with Gasteiger partial charge in [0, 0.05) is 26.4 Å². The number of nitrogens with two attached hydrogens (primary N) is 1. The maximum absolute atomic E-state index is 11.1. The fourth-order valence-electron chi connectivity index (χ4n) is 2.45. The first kappa shape index (κ1) is 13.6. The Kier molecular flexibility index (Phi) is 3.61. The zero-order valence-corrected chi connectivity index (χ0v) is 11.2. The molecule has 1 saturated heterocycles. The highest BCUT2D eigenvalue weighted by Gasteiger charge is 2.32. The second-order valence-electron chi connectivity index (χ2n) is 5.08. The van der Waals surface area contributed by atoms with Gasteiger partial charge < -0.3 is 20.5 Å². The second-order valence-corrected chi connectivity index (χ2v) is 5.08. The third-order valence-corrected chi connectivity index (χ3v) is 3.65. The molecule has 6 heteroatoms. The molecule has 1 aromatic rings. The molecule has 0 saturated carbocycles. The number of nitrogen functional groups attached to an aromatic ring is 1. The average Bonchev–Trinajstić information content (AvgIpc) is 2.38. The molecule has 1 atom stereocenters. The Balaban J connectivity index is 2.32. The smallest absolute Gasteiger partial charge is 0.337 e. The molecule has 1 aromatic heterocycles. The quantitative estimate of drug-likeness (QED) is 0.858. The van der Waals surface area contributed by atoms with Gasteiger partial charge in [0.1, 0.15) is 0 Å². The molecule has 1 aliphatic heterocycles. The van der Waals surface area contributed by atoms with Crippen molar-refractivity contribution in [2.75, 3.05) is 30.8 Å². The number of hydrogen-bond acceptors (Lipinski definition) is 5. The van der Waals surface area contributed by atoms with E-state index >= 15 is 0 Å². The van der Waals surface area contributed by atoms with Crippen molar-refractivity contribution in [2.45, 2.75) is 25.4 Å². The molecule has 19 heavy (non-hydrogen) atoms. The van der Waals surface area contributed by atoms with E-state index in [2.05, 4.69) is 4.98 Å². The summed E-state index contributed by atoms with van der Waals surface area (Å²) in [4.78, 5) is 17.3. The zero-order chi connectivity index (χ0) is 14.0. The van der Waals surface area contributed by atoms with Gasteiger partial charge in [-0.1, -0.05) is 0 Å². The first-order chi connectivity index (χ1) is 8.97. The van der Waals surface area contributed by atoms with Gasteiger partial charge in [-0.25, -0.2) is 9.78 Å². The van der Waals surface area contributed by atoms with Crippen molar-refractivity contribution in [2.24, 2.45) is 0 Å². The largest absolute Gasteiger partial charge is 0.478 e. The fourth-order valence-corrected chi connectivity index (χ4v) is 2.45. The lowest BCUT2D eigenvalue weighted by molar-refractivity contribution is -0.00478. The highest BCUT2D eigenvalue weighted by Crippen LogP contribution is 2.31. The van der Waals surface area contributed by atoms with Crippen molar-refractivity contribution in [3.05, 3.63) is 17.8 Å². The molecule has 0 radical (unpaired) electrons. The number of anilines is 2. The molecule has 0 bridgehead atoms. The lowest BCUT2D eigenvalue weighted by Gasteiger charge is -2.40. The Bertz CT molecular complexity index is 492. The molecule has 0 amide bonds. The number of carbonyl (C=O) groups is 1. The van der Waals surface area contributed by atoms with Crippen molar-refractivity contribution in [3.63, 3.8) is 0 Å². The lowest BCUT2D eigenvalue weighted by Crippen LogP contribution is -2.48. The highest BCUT2D eigenvalue weighted by atomic mass is 16.5. The summed E-state index contributed by atoms with van der Waals surface area (Å²) in [7, 11) is 1.69. The summed E-state index contributed by atoms with van der Waals surface area (Å²) in [6.45, 7) is 3.50. The minimum atomic E-state index is -1.03. The Labute approximate surface area is 112 Å². The van der Waals surface area contributed by atoms with Gasteiger partial charge in [-0.2, -0.15) is 0 Å². The SMILES string of the molecule is COC1(C)CCCN(c2nccc(C(=O)O)c2N)C1. The molecule has 6 nitrogen and oxygen atoms in total. The average molecular weight is 265 g/mol. The van der Waals surface area contributed by atoms with Crippen molar-refractivity contribution in [3.8, 4) is 0 Å². The molecule has 1 fully saturated rings. The van der Waals surface area contributed by atoms with Crippen LogP contribution in [0.25, 0.3) is 0 Å². The number of ether oxygens (including phenoxy) is 1. The predicted octanol–water partition coefficient (Wildman–Crippen LogP) is 1.37. The van der Waals surface area contributed by atoms with E-state index < -0.39 is 5.97 Å². The van der Waals surface area contributed by atoms with Crippen molar-refractivity contribution < 1.29 is 14.6 Å². The summed E-state index contributed by atoms with van der Waals surface area (Å²) in [6, 6.07) is 1.42. The molecule has 3 N–H and O–H groups in total. The van der Waals surface area contributed by atoms with Gasteiger partial charge in [0.2, 0.25) is 0 Å². The minimum Gasteiger partial charge on any atom is -0.478 e. The number of hydrogen-bond donors (Lipinski definition) is 2. The van der Waals surface area contributed by atoms with Crippen molar-refractivity contribution in [1.82, 2.24) is 4.98 Å². The Morgan fingerprint density at radius 1 is 1.63 bits per heavy atom. The molecular formula is C13H19N3O3. The van der Waals surface area contributed by atoms with Crippen LogP contribution in [0.3, 0.4) is 0 Å². The number of aromatic nitrogens is 1. The first-order valence-electron chi connectivity index (χ1n) is 6.25. The van der Waals surface area contributed by atoms with Gasteiger partial charge in [-0.05, 0) is 25.8 Å². The van der Waals surface area contributed by atoms with E-state index in [9.17, 15) is 4.79 Å². The van der Waals surface area contributed by atoms with Crippen LogP contribution in [-0.2, 0) is 4.74 Å². The van der Waals surface area contributed by atoms with Crippen LogP contribution < -0.4 is 10.6 Å². The molecule has 0 aliphatic carbocycles. The summed E-state index contributed by atoms with van der Waals surface area (Å²) >= 11 is 0. The van der Waals surface area contributed by atoms with Crippen LogP contribution in [0.5, 0.6) is 0 Å². The number of pyridine rings is 1. The Morgan fingerprint density at radius 3 is 3.00 bits per heavy atom. The van der Waals surface area contributed by atoms with Crippen LogP contribution in [0.2, 0.25) is 0 Å². The van der Waals surface area contributed by atoms with E-state index in [1.165, 1.54) is 12.3 Å². The van der Waals surface area contributed by atoms with Crippen molar-refractivity contribution >= 4 is 17.5 Å². The van der Waals surface area contributed by atoms with Crippen molar-refractivity contribution in [1.29, 1.82) is 0 Å². The van der Waals surface area contributed by atoms with E-state index in [4.69, 9.17) is 15.6 Å². The number of carboxylic acids is 1. The van der Waals surface area contributed by atoms with Gasteiger partial charge in [0.25, 0.3) is 0 Å². The molecule has 0 aromatic carbocycles. The van der Waals surface area contributed by atoms with E-state index in [0.717, 1.165) is 19.4 Å². The summed E-state index contributed by atoms with van der Waals surface area (Å²) in [5, 5.41) is 9.09. The molecular weight excluding hydrogens is 246 g/mol. The van der Waals surface area contributed by atoms with Crippen LogP contribution in [0.1, 0.15) is 30.1 Å². The van der Waals surface area contributed by atoms with Gasteiger partial charge in [-0.15, -0.1) is 0 Å². The predicted molar refractivity (Wildman–Crippen MR) is 72.5 cm³/mol. The van der Waals surface area contributed by atoms with Gasteiger partial charge >= 0.3 is 5.97 Å². The fraction of sp³-hybridized carbons (Fsp3) is 0.538. The lowest BCUT2D eigenvalue weighted by atomic mass is 9.94. The van der Waals surface area contributed by atoms with Crippen LogP contribution in [0.4, 0.5) is 11.5 Å². The second kappa shape index (κ2) is 5.05. The van der Waals surface area contributed by atoms with E-state index in [0.29, 0.717) is 12.4 Å². The third-order valence-electron chi connectivity index (χ3n) is 3.65. The number of piperidine rings is 1. The summed E-state index contributed by atoms with van der Waals surface area (Å²) in [5.74, 6) is -0.504. The molecule has 2 heterocycles. The first-order valence-corrected chi connectivity index (χ1v) is 6.25. The topological polar surface area (TPSA) is 88.7 Å². The summed E-state index contributed by atoms with van der Waals surface area (Å²) in [6.07, 6.45) is 3.41. The Morgan fingerprint density at radius 2 is 2.37 bits per heavy atom. The monoisotopic (exact) mass is 265 g/mol. The maximum atomic E-state index is 11.1. The van der Waals surface area contributed by atoms with E-state index in [-0.39, 0.29) is 16.9 Å². The third kappa shape index (κ3) is 2.63. The Hall–Kier alpha value is -1.82. The highest BCUT2D eigenvalue weighted by molar-refractivity contribution is 5.96. The van der Waals surface area contributed by atoms with Crippen LogP contribution in [0.15, 0.2) is 12.3 Å². The number of carboxylic acid groups (broad SMARTS) is 1. The molecule has 0 spiro atoms. The molecule has 104 valence electrons. The van der Waals surface area contributed by atoms with Gasteiger partial charge in [0.05, 0.1) is 16.9 Å². The normalized spacial score (nSPS) is 23.4. The molecule has 1 aliphatic rings. The zero-order valence-electron chi connectivity index (χ0n) is 11.2. The van der Waals surface area contributed by atoms with Crippen LogP contribution >= 0.6 is 0 Å².